The Bertz CT molecular complexity index is 906. The summed E-state index contributed by atoms with van der Waals surface area (Å²) in [5.74, 6) is 0.778. The van der Waals surface area contributed by atoms with Crippen molar-refractivity contribution in [1.29, 1.82) is 0 Å². The summed E-state index contributed by atoms with van der Waals surface area (Å²) in [6, 6.07) is 12.1. The molecule has 0 saturated heterocycles. The number of amides is 1. The zero-order chi connectivity index (χ0) is 18.5. The third-order valence-electron chi connectivity index (χ3n) is 3.96. The van der Waals surface area contributed by atoms with Crippen molar-refractivity contribution in [3.8, 4) is 11.3 Å². The predicted octanol–water partition coefficient (Wildman–Crippen LogP) is 4.69. The third-order valence-corrected chi connectivity index (χ3v) is 4.21. The van der Waals surface area contributed by atoms with Gasteiger partial charge in [0.25, 0.3) is 0 Å². The van der Waals surface area contributed by atoms with Crippen molar-refractivity contribution < 1.29 is 13.6 Å². The summed E-state index contributed by atoms with van der Waals surface area (Å²) in [7, 11) is 0. The van der Waals surface area contributed by atoms with E-state index in [0.717, 1.165) is 11.1 Å². The molecule has 3 aromatic rings. The van der Waals surface area contributed by atoms with Gasteiger partial charge < -0.3 is 9.73 Å². The predicted molar refractivity (Wildman–Crippen MR) is 98.3 cm³/mol. The molecule has 0 unspecified atom stereocenters. The van der Waals surface area contributed by atoms with Crippen LogP contribution in [0.1, 0.15) is 23.4 Å². The molecule has 0 aliphatic rings. The maximum absolute atomic E-state index is 13.2. The van der Waals surface area contributed by atoms with Gasteiger partial charge >= 0.3 is 0 Å². The summed E-state index contributed by atoms with van der Waals surface area (Å²) in [5.41, 5.74) is 2.30. The fourth-order valence-electron chi connectivity index (χ4n) is 2.50. The molecule has 1 amide bonds. The summed E-state index contributed by atoms with van der Waals surface area (Å²) in [5, 5.41) is 3.47. The van der Waals surface area contributed by atoms with Crippen LogP contribution in [-0.2, 0) is 17.8 Å². The Kier molecular flexibility index (Phi) is 5.68. The van der Waals surface area contributed by atoms with Crippen molar-refractivity contribution >= 4 is 17.5 Å². The molecule has 1 heterocycles. The molecule has 0 atom stereocenters. The lowest BCUT2D eigenvalue weighted by Gasteiger charge is -2.06. The molecule has 0 aliphatic carbocycles. The molecule has 4 nitrogen and oxygen atoms in total. The monoisotopic (exact) mass is 372 g/mol. The number of rotatable bonds is 6. The molecular formula is C20H18ClFN2O2. The average molecular weight is 373 g/mol. The van der Waals surface area contributed by atoms with Crippen molar-refractivity contribution in [3.63, 3.8) is 0 Å². The van der Waals surface area contributed by atoms with Crippen molar-refractivity contribution in [2.45, 2.75) is 26.3 Å². The first-order chi connectivity index (χ1) is 12.5. The minimum absolute atomic E-state index is 0.113. The fraction of sp³-hybridized carbons (Fsp3) is 0.200. The maximum Gasteiger partial charge on any atom is 0.220 e. The molecule has 0 saturated carbocycles. The van der Waals surface area contributed by atoms with Crippen molar-refractivity contribution in [2.75, 3.05) is 0 Å². The van der Waals surface area contributed by atoms with E-state index >= 15 is 0 Å². The van der Waals surface area contributed by atoms with Crippen molar-refractivity contribution in [2.24, 2.45) is 0 Å². The molecule has 2 aromatic carbocycles. The molecule has 0 radical (unpaired) electrons. The standard InChI is InChI=1S/C20H18ClFN2O2/c1-13-10-14(2-7-17(13)22)11-23-19(25)8-9-20-24-12-18(26-20)15-3-5-16(21)6-4-15/h2-7,10,12H,8-9,11H2,1H3,(H,23,25). The van der Waals surface area contributed by atoms with Crippen LogP contribution in [0.15, 0.2) is 53.1 Å². The number of aryl methyl sites for hydroxylation is 2. The molecule has 26 heavy (non-hydrogen) atoms. The summed E-state index contributed by atoms with van der Waals surface area (Å²) >= 11 is 5.87. The molecule has 0 bridgehead atoms. The minimum atomic E-state index is -0.250. The lowest BCUT2D eigenvalue weighted by Crippen LogP contribution is -2.23. The van der Waals surface area contributed by atoms with Gasteiger partial charge in [-0.3, -0.25) is 4.79 Å². The van der Waals surface area contributed by atoms with E-state index in [9.17, 15) is 9.18 Å². The number of carbonyl (C=O) groups excluding carboxylic acids is 1. The van der Waals surface area contributed by atoms with Gasteiger partial charge in [-0.1, -0.05) is 23.7 Å². The molecule has 134 valence electrons. The Balaban J connectivity index is 1.50. The van der Waals surface area contributed by atoms with E-state index in [1.54, 1.807) is 37.4 Å². The number of aromatic nitrogens is 1. The molecule has 1 N–H and O–H groups in total. The highest BCUT2D eigenvalue weighted by Crippen LogP contribution is 2.22. The van der Waals surface area contributed by atoms with Gasteiger partial charge in [0.1, 0.15) is 5.82 Å². The van der Waals surface area contributed by atoms with Gasteiger partial charge in [0, 0.05) is 30.0 Å². The van der Waals surface area contributed by atoms with Gasteiger partial charge in [-0.25, -0.2) is 9.37 Å². The number of nitrogens with zero attached hydrogens (tertiary/aromatic N) is 1. The number of halogens is 2. The Morgan fingerprint density at radius 1 is 1.23 bits per heavy atom. The van der Waals surface area contributed by atoms with Crippen LogP contribution in [0.4, 0.5) is 4.39 Å². The first kappa shape index (κ1) is 18.1. The smallest absolute Gasteiger partial charge is 0.220 e. The van der Waals surface area contributed by atoms with E-state index in [2.05, 4.69) is 10.3 Å². The van der Waals surface area contributed by atoms with Crippen molar-refractivity contribution in [1.82, 2.24) is 10.3 Å². The van der Waals surface area contributed by atoms with Crippen LogP contribution in [-0.4, -0.2) is 10.9 Å². The first-order valence-electron chi connectivity index (χ1n) is 8.23. The molecular weight excluding hydrogens is 355 g/mol. The lowest BCUT2D eigenvalue weighted by molar-refractivity contribution is -0.121. The van der Waals surface area contributed by atoms with E-state index in [0.29, 0.717) is 35.2 Å². The summed E-state index contributed by atoms with van der Waals surface area (Å²) in [4.78, 5) is 16.2. The van der Waals surface area contributed by atoms with Gasteiger partial charge in [0.2, 0.25) is 5.91 Å². The van der Waals surface area contributed by atoms with E-state index < -0.39 is 0 Å². The largest absolute Gasteiger partial charge is 0.441 e. The van der Waals surface area contributed by atoms with Crippen LogP contribution >= 0.6 is 11.6 Å². The zero-order valence-corrected chi connectivity index (χ0v) is 15.0. The Hall–Kier alpha value is -2.66. The van der Waals surface area contributed by atoms with Crippen LogP contribution in [0, 0.1) is 12.7 Å². The number of carbonyl (C=O) groups is 1. The number of hydrogen-bond acceptors (Lipinski definition) is 3. The molecule has 0 fully saturated rings. The van der Waals surface area contributed by atoms with Crippen LogP contribution in [0.5, 0.6) is 0 Å². The zero-order valence-electron chi connectivity index (χ0n) is 14.3. The normalized spacial score (nSPS) is 10.7. The molecule has 0 aliphatic heterocycles. The number of benzene rings is 2. The van der Waals surface area contributed by atoms with Gasteiger partial charge in [0.15, 0.2) is 11.7 Å². The second-order valence-electron chi connectivity index (χ2n) is 5.99. The van der Waals surface area contributed by atoms with E-state index in [1.165, 1.54) is 6.07 Å². The van der Waals surface area contributed by atoms with Crippen molar-refractivity contribution in [3.05, 3.63) is 76.5 Å². The van der Waals surface area contributed by atoms with E-state index in [1.807, 2.05) is 12.1 Å². The minimum Gasteiger partial charge on any atom is -0.441 e. The molecule has 6 heteroatoms. The summed E-state index contributed by atoms with van der Waals surface area (Å²) in [6.45, 7) is 2.06. The van der Waals surface area contributed by atoms with Gasteiger partial charge in [-0.2, -0.15) is 0 Å². The highest BCUT2D eigenvalue weighted by molar-refractivity contribution is 6.30. The number of nitrogens with one attached hydrogen (secondary N) is 1. The second kappa shape index (κ2) is 8.15. The second-order valence-corrected chi connectivity index (χ2v) is 6.42. The molecule has 1 aromatic heterocycles. The topological polar surface area (TPSA) is 55.1 Å². The maximum atomic E-state index is 13.2. The number of oxazole rings is 1. The summed E-state index contributed by atoms with van der Waals surface area (Å²) < 4.78 is 18.9. The van der Waals surface area contributed by atoms with Gasteiger partial charge in [0.05, 0.1) is 6.20 Å². The summed E-state index contributed by atoms with van der Waals surface area (Å²) in [6.07, 6.45) is 2.31. The SMILES string of the molecule is Cc1cc(CNC(=O)CCc2ncc(-c3ccc(Cl)cc3)o2)ccc1F. The first-order valence-corrected chi connectivity index (χ1v) is 8.61. The Labute approximate surface area is 156 Å². The Morgan fingerprint density at radius 2 is 2.00 bits per heavy atom. The van der Waals surface area contributed by atoms with Crippen LogP contribution in [0.2, 0.25) is 5.02 Å². The van der Waals surface area contributed by atoms with Crippen LogP contribution in [0.3, 0.4) is 0 Å². The molecule has 0 spiro atoms. The van der Waals surface area contributed by atoms with E-state index in [-0.39, 0.29) is 18.1 Å². The lowest BCUT2D eigenvalue weighted by atomic mass is 10.1. The third kappa shape index (κ3) is 4.70. The average Bonchev–Trinajstić information content (AvgIpc) is 3.10. The van der Waals surface area contributed by atoms with E-state index in [4.69, 9.17) is 16.0 Å². The highest BCUT2D eigenvalue weighted by Gasteiger charge is 2.09. The van der Waals surface area contributed by atoms with Crippen LogP contribution in [0.25, 0.3) is 11.3 Å². The highest BCUT2D eigenvalue weighted by atomic mass is 35.5. The molecule has 3 rings (SSSR count). The Morgan fingerprint density at radius 3 is 2.73 bits per heavy atom. The quantitative estimate of drug-likeness (QED) is 0.682. The van der Waals surface area contributed by atoms with Gasteiger partial charge in [-0.15, -0.1) is 0 Å². The number of hydrogen-bond donors (Lipinski definition) is 1. The van der Waals surface area contributed by atoms with Crippen LogP contribution < -0.4 is 5.32 Å². The van der Waals surface area contributed by atoms with Gasteiger partial charge in [-0.05, 0) is 48.4 Å². The fourth-order valence-corrected chi connectivity index (χ4v) is 2.63.